The zero-order chi connectivity index (χ0) is 24.8. The van der Waals surface area contributed by atoms with Gasteiger partial charge in [-0.25, -0.2) is 4.79 Å². The fraction of sp³-hybridized carbons (Fsp3) is 0.240. The molecule has 4 aromatic rings. The number of carbonyl (C=O) groups is 1. The Balaban J connectivity index is 1.53. The highest BCUT2D eigenvalue weighted by Crippen LogP contribution is 2.26. The van der Waals surface area contributed by atoms with Gasteiger partial charge in [0.05, 0.1) is 23.7 Å². The maximum absolute atomic E-state index is 13.1. The molecule has 0 saturated heterocycles. The van der Waals surface area contributed by atoms with E-state index in [1.165, 1.54) is 21.7 Å². The van der Waals surface area contributed by atoms with Crippen LogP contribution in [-0.4, -0.2) is 36.7 Å². The van der Waals surface area contributed by atoms with Crippen LogP contribution < -0.4 is 11.2 Å². The van der Waals surface area contributed by atoms with Crippen molar-refractivity contribution in [3.63, 3.8) is 0 Å². The number of benzene rings is 2. The second-order valence-electron chi connectivity index (χ2n) is 7.93. The molecule has 0 radical (unpaired) electrons. The van der Waals surface area contributed by atoms with Crippen LogP contribution in [0.4, 0.5) is 0 Å². The minimum Gasteiger partial charge on any atom is -0.419 e. The third kappa shape index (κ3) is 5.75. The van der Waals surface area contributed by atoms with Crippen LogP contribution in [0.25, 0.3) is 11.5 Å². The van der Waals surface area contributed by atoms with Crippen LogP contribution in [0, 0.1) is 0 Å². The Morgan fingerprint density at radius 3 is 2.51 bits per heavy atom. The van der Waals surface area contributed by atoms with Gasteiger partial charge in [0.2, 0.25) is 17.7 Å². The molecule has 2 heterocycles. The van der Waals surface area contributed by atoms with Crippen LogP contribution in [0.15, 0.2) is 80.9 Å². The summed E-state index contributed by atoms with van der Waals surface area (Å²) in [7, 11) is 0. The van der Waals surface area contributed by atoms with Crippen LogP contribution in [0.2, 0.25) is 5.02 Å². The average Bonchev–Trinajstić information content (AvgIpc) is 3.32. The van der Waals surface area contributed by atoms with Gasteiger partial charge in [-0.1, -0.05) is 61.0 Å². The van der Waals surface area contributed by atoms with Crippen molar-refractivity contribution in [1.29, 1.82) is 0 Å². The predicted molar refractivity (Wildman–Crippen MR) is 131 cm³/mol. The van der Waals surface area contributed by atoms with Gasteiger partial charge in [0.25, 0.3) is 5.56 Å². The summed E-state index contributed by atoms with van der Waals surface area (Å²) in [4.78, 5) is 40.0. The van der Waals surface area contributed by atoms with Gasteiger partial charge >= 0.3 is 5.69 Å². The van der Waals surface area contributed by atoms with E-state index in [2.05, 4.69) is 10.2 Å². The standard InChI is InChI=1S/C25H24ClN5O4/c1-2-13-29(16-21-27-28-24(35-21)19-10-6-7-11-20(19)26)23(33)17-31-22(32)12-14-30(25(31)34)15-18-8-4-3-5-9-18/h3-12,14H,2,13,15-17H2,1H3. The molecular formula is C25H24ClN5O4. The van der Waals surface area contributed by atoms with Gasteiger partial charge in [-0.3, -0.25) is 18.7 Å². The smallest absolute Gasteiger partial charge is 0.331 e. The number of amides is 1. The van der Waals surface area contributed by atoms with Gasteiger partial charge in [-0.2, -0.15) is 0 Å². The van der Waals surface area contributed by atoms with E-state index in [1.807, 2.05) is 37.3 Å². The molecule has 35 heavy (non-hydrogen) atoms. The highest BCUT2D eigenvalue weighted by molar-refractivity contribution is 6.33. The summed E-state index contributed by atoms with van der Waals surface area (Å²) in [5.41, 5.74) is 0.411. The maximum atomic E-state index is 13.1. The van der Waals surface area contributed by atoms with Crippen molar-refractivity contribution in [2.75, 3.05) is 6.54 Å². The lowest BCUT2D eigenvalue weighted by molar-refractivity contribution is -0.133. The quantitative estimate of drug-likeness (QED) is 0.354. The Kier molecular flexibility index (Phi) is 7.57. The molecule has 0 fully saturated rings. The summed E-state index contributed by atoms with van der Waals surface area (Å²) >= 11 is 6.20. The molecule has 0 aliphatic carbocycles. The van der Waals surface area contributed by atoms with Gasteiger partial charge in [-0.05, 0) is 24.1 Å². The van der Waals surface area contributed by atoms with Crippen molar-refractivity contribution in [2.45, 2.75) is 33.0 Å². The van der Waals surface area contributed by atoms with Gasteiger partial charge in [0.15, 0.2) is 0 Å². The van der Waals surface area contributed by atoms with Crippen LogP contribution in [0.1, 0.15) is 24.8 Å². The first-order chi connectivity index (χ1) is 17.0. The van der Waals surface area contributed by atoms with Gasteiger partial charge in [0.1, 0.15) is 6.54 Å². The highest BCUT2D eigenvalue weighted by Gasteiger charge is 2.20. The first-order valence-corrected chi connectivity index (χ1v) is 11.5. The highest BCUT2D eigenvalue weighted by atomic mass is 35.5. The van der Waals surface area contributed by atoms with E-state index < -0.39 is 23.7 Å². The predicted octanol–water partition coefficient (Wildman–Crippen LogP) is 3.20. The van der Waals surface area contributed by atoms with Crippen LogP contribution >= 0.6 is 11.6 Å². The zero-order valence-electron chi connectivity index (χ0n) is 19.1. The molecule has 4 rings (SSSR count). The van der Waals surface area contributed by atoms with E-state index in [-0.39, 0.29) is 18.3 Å². The number of rotatable bonds is 9. The number of hydrogen-bond acceptors (Lipinski definition) is 6. The molecule has 0 N–H and O–H groups in total. The van der Waals surface area contributed by atoms with Crippen molar-refractivity contribution in [1.82, 2.24) is 24.2 Å². The fourth-order valence-corrected chi connectivity index (χ4v) is 3.84. The molecule has 1 amide bonds. The summed E-state index contributed by atoms with van der Waals surface area (Å²) in [5.74, 6) is 0.0715. The average molecular weight is 494 g/mol. The first-order valence-electron chi connectivity index (χ1n) is 11.2. The molecule has 9 nitrogen and oxygen atoms in total. The van der Waals surface area contributed by atoms with E-state index in [1.54, 1.807) is 24.3 Å². The van der Waals surface area contributed by atoms with Crippen LogP contribution in [-0.2, 0) is 24.4 Å². The molecule has 2 aromatic carbocycles. The summed E-state index contributed by atoms with van der Waals surface area (Å²) in [6, 6.07) is 17.8. The maximum Gasteiger partial charge on any atom is 0.331 e. The van der Waals surface area contributed by atoms with E-state index in [0.717, 1.165) is 10.1 Å². The Bertz CT molecular complexity index is 1430. The molecule has 10 heteroatoms. The molecule has 180 valence electrons. The number of carbonyl (C=O) groups excluding carboxylic acids is 1. The minimum atomic E-state index is -0.551. The normalized spacial score (nSPS) is 10.9. The Morgan fingerprint density at radius 2 is 1.77 bits per heavy atom. The molecule has 0 spiro atoms. The molecule has 0 bridgehead atoms. The lowest BCUT2D eigenvalue weighted by Crippen LogP contribution is -2.44. The Morgan fingerprint density at radius 1 is 1.03 bits per heavy atom. The molecule has 2 aromatic heterocycles. The Labute approximate surface area is 206 Å². The van der Waals surface area contributed by atoms with Crippen molar-refractivity contribution in [2.24, 2.45) is 0 Å². The summed E-state index contributed by atoms with van der Waals surface area (Å²) in [6.07, 6.45) is 2.11. The number of nitrogens with zero attached hydrogens (tertiary/aromatic N) is 5. The summed E-state index contributed by atoms with van der Waals surface area (Å²) < 4.78 is 8.07. The molecule has 0 unspecified atom stereocenters. The molecule has 0 saturated carbocycles. The van der Waals surface area contributed by atoms with Gasteiger partial charge in [0, 0.05) is 18.8 Å². The summed E-state index contributed by atoms with van der Waals surface area (Å²) in [5, 5.41) is 8.55. The second kappa shape index (κ2) is 11.0. The molecular weight excluding hydrogens is 470 g/mol. The lowest BCUT2D eigenvalue weighted by atomic mass is 10.2. The minimum absolute atomic E-state index is 0.0456. The first kappa shape index (κ1) is 24.2. The van der Waals surface area contributed by atoms with E-state index in [9.17, 15) is 14.4 Å². The van der Waals surface area contributed by atoms with E-state index >= 15 is 0 Å². The zero-order valence-corrected chi connectivity index (χ0v) is 19.9. The molecule has 0 atom stereocenters. The molecule has 0 aliphatic heterocycles. The SMILES string of the molecule is CCCN(Cc1nnc(-c2ccccc2Cl)o1)C(=O)Cn1c(=O)ccn(Cc2ccccc2)c1=O. The third-order valence-corrected chi connectivity index (χ3v) is 5.70. The monoisotopic (exact) mass is 493 g/mol. The lowest BCUT2D eigenvalue weighted by Gasteiger charge is -2.20. The van der Waals surface area contributed by atoms with Gasteiger partial charge in [-0.15, -0.1) is 10.2 Å². The van der Waals surface area contributed by atoms with Crippen LogP contribution in [0.3, 0.4) is 0 Å². The van der Waals surface area contributed by atoms with Crippen LogP contribution in [0.5, 0.6) is 0 Å². The van der Waals surface area contributed by atoms with Gasteiger partial charge < -0.3 is 9.32 Å². The summed E-state index contributed by atoms with van der Waals surface area (Å²) in [6.45, 7) is 2.26. The second-order valence-corrected chi connectivity index (χ2v) is 8.34. The number of aromatic nitrogens is 4. The van der Waals surface area contributed by atoms with E-state index in [0.29, 0.717) is 30.1 Å². The number of hydrogen-bond donors (Lipinski definition) is 0. The van der Waals surface area contributed by atoms with Crippen molar-refractivity contribution < 1.29 is 9.21 Å². The topological polar surface area (TPSA) is 103 Å². The van der Waals surface area contributed by atoms with Crippen molar-refractivity contribution >= 4 is 17.5 Å². The Hall–Kier alpha value is -3.98. The number of halogens is 1. The van der Waals surface area contributed by atoms with Crippen molar-refractivity contribution in [3.05, 3.63) is 104 Å². The fourth-order valence-electron chi connectivity index (χ4n) is 3.62. The largest absolute Gasteiger partial charge is 0.419 e. The van der Waals surface area contributed by atoms with Crippen molar-refractivity contribution in [3.8, 4) is 11.5 Å². The third-order valence-electron chi connectivity index (χ3n) is 5.37. The molecule has 0 aliphatic rings. The van der Waals surface area contributed by atoms with E-state index in [4.69, 9.17) is 16.0 Å².